The van der Waals surface area contributed by atoms with E-state index in [0.717, 1.165) is 3.71 Å². The number of nitrogens with one attached hydrogen (secondary N) is 1. The first kappa shape index (κ1) is 21.8. The molecule has 0 saturated heterocycles. The summed E-state index contributed by atoms with van der Waals surface area (Å²) in [6, 6.07) is 2.01. The zero-order valence-electron chi connectivity index (χ0n) is 15.6. The normalized spacial score (nSPS) is 12.5. The van der Waals surface area contributed by atoms with Gasteiger partial charge in [-0.2, -0.15) is 0 Å². The van der Waals surface area contributed by atoms with Gasteiger partial charge < -0.3 is 0 Å². The van der Waals surface area contributed by atoms with Gasteiger partial charge in [0, 0.05) is 0 Å². The minimum absolute atomic E-state index is 0.0620. The van der Waals surface area contributed by atoms with Crippen LogP contribution in [0.5, 0.6) is 0 Å². The average molecular weight is 462 g/mol. The second kappa shape index (κ2) is 10.7. The van der Waals surface area contributed by atoms with Gasteiger partial charge in [0.05, 0.1) is 0 Å². The van der Waals surface area contributed by atoms with Crippen molar-refractivity contribution in [2.45, 2.75) is 77.8 Å². The van der Waals surface area contributed by atoms with Crippen molar-refractivity contribution in [3.05, 3.63) is 12.3 Å². The Morgan fingerprint density at radius 1 is 1.00 bits per heavy atom. The summed E-state index contributed by atoms with van der Waals surface area (Å²) in [7, 11) is -2.17. The Kier molecular flexibility index (Phi) is 9.74. The van der Waals surface area contributed by atoms with E-state index in [0.29, 0.717) is 0 Å². The number of sulfonamides is 1. The van der Waals surface area contributed by atoms with Crippen LogP contribution in [0.15, 0.2) is 17.4 Å². The number of nitrogens with zero attached hydrogens (tertiary/aromatic N) is 2. The van der Waals surface area contributed by atoms with Crippen molar-refractivity contribution >= 4 is 32.1 Å². The van der Waals surface area contributed by atoms with Crippen LogP contribution in [0.25, 0.3) is 0 Å². The van der Waals surface area contributed by atoms with Gasteiger partial charge in [-0.05, 0) is 0 Å². The van der Waals surface area contributed by atoms with Gasteiger partial charge in [0.25, 0.3) is 0 Å². The Balaban J connectivity index is 3.31. The van der Waals surface area contributed by atoms with Gasteiger partial charge in [-0.25, -0.2) is 0 Å². The van der Waals surface area contributed by atoms with Crippen LogP contribution in [0.2, 0.25) is 13.3 Å². The molecule has 1 heterocycles. The Labute approximate surface area is 152 Å². The van der Waals surface area contributed by atoms with Gasteiger partial charge in [-0.1, -0.05) is 0 Å². The predicted molar refractivity (Wildman–Crippen MR) is 103 cm³/mol. The van der Waals surface area contributed by atoms with Crippen molar-refractivity contribution in [2.24, 2.45) is 0 Å². The zero-order chi connectivity index (χ0) is 18.1. The number of hydrogen-bond donors (Lipinski definition) is 1. The first-order chi connectivity index (χ1) is 11.5. The number of unbranched alkanes of at least 4 members (excludes halogenated alkanes) is 3. The first-order valence-electron chi connectivity index (χ1n) is 9.22. The van der Waals surface area contributed by atoms with E-state index < -0.39 is 28.4 Å². The molecular weight excluding hydrogens is 429 g/mol. The molecule has 5 nitrogen and oxygen atoms in total. The summed E-state index contributed by atoms with van der Waals surface area (Å²) in [5.41, 5.74) is 0. The zero-order valence-corrected chi connectivity index (χ0v) is 19.3. The fourth-order valence-corrected chi connectivity index (χ4v) is 19.4. The molecule has 1 aromatic heterocycles. The molecule has 138 valence electrons. The molecule has 0 aliphatic heterocycles. The van der Waals surface area contributed by atoms with Crippen LogP contribution in [-0.2, 0) is 10.0 Å². The van der Waals surface area contributed by atoms with E-state index in [1.165, 1.54) is 58.9 Å². The molecule has 0 atom stereocenters. The molecule has 0 bridgehead atoms. The first-order valence-corrected chi connectivity index (χ1v) is 18.2. The van der Waals surface area contributed by atoms with Crippen molar-refractivity contribution < 1.29 is 8.42 Å². The van der Waals surface area contributed by atoms with E-state index >= 15 is 0 Å². The second-order valence-corrected chi connectivity index (χ2v) is 21.4. The van der Waals surface area contributed by atoms with Crippen LogP contribution in [0.4, 0.5) is 0 Å². The van der Waals surface area contributed by atoms with Crippen LogP contribution in [0.1, 0.15) is 59.3 Å². The fourth-order valence-electron chi connectivity index (χ4n) is 3.16. The molecule has 1 N–H and O–H groups in total. The van der Waals surface area contributed by atoms with Gasteiger partial charge in [0.15, 0.2) is 0 Å². The maximum atomic E-state index is 12.1. The minimum atomic E-state index is -3.58. The van der Waals surface area contributed by atoms with Crippen molar-refractivity contribution in [3.63, 3.8) is 0 Å². The predicted octanol–water partition coefficient (Wildman–Crippen LogP) is 3.44. The second-order valence-electron chi connectivity index (χ2n) is 6.52. The molecule has 0 aliphatic carbocycles. The van der Waals surface area contributed by atoms with Gasteiger partial charge >= 0.3 is 152 Å². The van der Waals surface area contributed by atoms with E-state index in [-0.39, 0.29) is 5.16 Å². The third-order valence-electron chi connectivity index (χ3n) is 4.71. The van der Waals surface area contributed by atoms with Gasteiger partial charge in [-0.15, -0.1) is 0 Å². The SMILES string of the molecule is CCC[CH2][Sn]([CH2]CCC)([CH2]CCC)[c]1ccnc(S(=O)(=O)NC)n1. The summed E-state index contributed by atoms with van der Waals surface area (Å²) < 4.78 is 31.5. The van der Waals surface area contributed by atoms with Gasteiger partial charge in [0.2, 0.25) is 0 Å². The van der Waals surface area contributed by atoms with Crippen LogP contribution in [0.3, 0.4) is 0 Å². The fraction of sp³-hybridized carbons (Fsp3) is 0.765. The molecule has 0 saturated carbocycles. The molecule has 1 rings (SSSR count). The quantitative estimate of drug-likeness (QED) is 0.382. The molecule has 0 unspecified atom stereocenters. The number of aromatic nitrogens is 2. The summed E-state index contributed by atoms with van der Waals surface area (Å²) in [6.07, 6.45) is 8.87. The Bertz CT molecular complexity index is 571. The van der Waals surface area contributed by atoms with Crippen LogP contribution >= 0.6 is 0 Å². The summed E-state index contributed by atoms with van der Waals surface area (Å²) in [5.74, 6) is 0. The summed E-state index contributed by atoms with van der Waals surface area (Å²) >= 11 is -2.70. The van der Waals surface area contributed by atoms with Gasteiger partial charge in [0.1, 0.15) is 0 Å². The number of hydrogen-bond acceptors (Lipinski definition) is 4. The summed E-state index contributed by atoms with van der Waals surface area (Å²) in [4.78, 5) is 8.59. The van der Waals surface area contributed by atoms with Crippen molar-refractivity contribution in [2.75, 3.05) is 7.05 Å². The third kappa shape index (κ3) is 5.95. The molecule has 0 fully saturated rings. The molecule has 0 aromatic carbocycles. The Hall–Kier alpha value is -0.211. The molecule has 0 radical (unpaired) electrons. The topological polar surface area (TPSA) is 72.0 Å². The van der Waals surface area contributed by atoms with Crippen LogP contribution in [-0.4, -0.2) is 43.8 Å². The van der Waals surface area contributed by atoms with E-state index in [1.807, 2.05) is 6.07 Å². The van der Waals surface area contributed by atoms with Gasteiger partial charge in [-0.3, -0.25) is 0 Å². The number of rotatable bonds is 12. The molecule has 0 aliphatic rings. The molecule has 1 aromatic rings. The molecule has 0 amide bonds. The summed E-state index contributed by atoms with van der Waals surface area (Å²) in [6.45, 7) is 6.69. The van der Waals surface area contributed by atoms with E-state index in [9.17, 15) is 8.42 Å². The van der Waals surface area contributed by atoms with Crippen LogP contribution < -0.4 is 8.43 Å². The van der Waals surface area contributed by atoms with Crippen molar-refractivity contribution in [3.8, 4) is 0 Å². The molecule has 0 spiro atoms. The van der Waals surface area contributed by atoms with E-state index in [2.05, 4.69) is 35.5 Å². The maximum absolute atomic E-state index is 12.1. The standard InChI is InChI=1S/C5H6N3O2S.3C4H9.Sn/c1-6-11(9,10)5-7-3-2-4-8-5;3*1-3-4-2;/h2-3,6H,1H3;3*1,3-4H2,2H3;. The Morgan fingerprint density at radius 2 is 1.50 bits per heavy atom. The monoisotopic (exact) mass is 463 g/mol. The third-order valence-corrected chi connectivity index (χ3v) is 21.0. The van der Waals surface area contributed by atoms with E-state index in [1.54, 1.807) is 6.20 Å². The average Bonchev–Trinajstić information content (AvgIpc) is 2.61. The molecular formula is C17H33N3O2SSn. The Morgan fingerprint density at radius 3 is 1.92 bits per heavy atom. The molecule has 24 heavy (non-hydrogen) atoms. The van der Waals surface area contributed by atoms with Crippen molar-refractivity contribution in [1.82, 2.24) is 14.7 Å². The van der Waals surface area contributed by atoms with E-state index in [4.69, 9.17) is 0 Å². The van der Waals surface area contributed by atoms with Crippen LogP contribution in [0, 0.1) is 0 Å². The van der Waals surface area contributed by atoms with Crippen molar-refractivity contribution in [1.29, 1.82) is 0 Å². The summed E-state index contributed by atoms with van der Waals surface area (Å²) in [5, 5.41) is -0.0620. The molecule has 7 heteroatoms.